The van der Waals surface area contributed by atoms with Gasteiger partial charge in [0.2, 0.25) is 0 Å². The summed E-state index contributed by atoms with van der Waals surface area (Å²) in [5, 5.41) is 13.5. The zero-order valence-corrected chi connectivity index (χ0v) is 8.89. The van der Waals surface area contributed by atoms with Gasteiger partial charge in [-0.3, -0.25) is 0 Å². The van der Waals surface area contributed by atoms with E-state index in [4.69, 9.17) is 4.42 Å². The van der Waals surface area contributed by atoms with Crippen LogP contribution in [0.15, 0.2) is 29.0 Å². The summed E-state index contributed by atoms with van der Waals surface area (Å²) in [5.74, 6) is 1.44. The summed E-state index contributed by atoms with van der Waals surface area (Å²) >= 11 is 0. The SMILES string of the molecule is OC1CC(CNc2nccc3occc23)C1. The molecule has 0 aliphatic heterocycles. The molecule has 4 nitrogen and oxygen atoms in total. The molecule has 0 atom stereocenters. The van der Waals surface area contributed by atoms with E-state index in [1.165, 1.54) is 0 Å². The van der Waals surface area contributed by atoms with Crippen LogP contribution in [-0.2, 0) is 0 Å². The van der Waals surface area contributed by atoms with Crippen molar-refractivity contribution in [2.45, 2.75) is 18.9 Å². The Morgan fingerprint density at radius 3 is 3.12 bits per heavy atom. The molecule has 1 saturated carbocycles. The van der Waals surface area contributed by atoms with Gasteiger partial charge < -0.3 is 14.8 Å². The number of pyridine rings is 1. The van der Waals surface area contributed by atoms with Crippen molar-refractivity contribution >= 4 is 16.8 Å². The van der Waals surface area contributed by atoms with Gasteiger partial charge >= 0.3 is 0 Å². The van der Waals surface area contributed by atoms with Crippen LogP contribution in [0.3, 0.4) is 0 Å². The first-order chi connectivity index (χ1) is 7.83. The minimum atomic E-state index is -0.0931. The summed E-state index contributed by atoms with van der Waals surface area (Å²) in [7, 11) is 0. The van der Waals surface area contributed by atoms with Crippen molar-refractivity contribution in [1.29, 1.82) is 0 Å². The molecule has 2 aromatic rings. The number of hydrogen-bond acceptors (Lipinski definition) is 4. The van der Waals surface area contributed by atoms with Gasteiger partial charge in [-0.05, 0) is 30.9 Å². The number of fused-ring (bicyclic) bond motifs is 1. The fourth-order valence-electron chi connectivity index (χ4n) is 2.14. The normalized spacial score (nSPS) is 24.3. The summed E-state index contributed by atoms with van der Waals surface area (Å²) in [6.07, 6.45) is 5.11. The lowest BCUT2D eigenvalue weighted by Gasteiger charge is -2.31. The summed E-state index contributed by atoms with van der Waals surface area (Å²) in [6, 6.07) is 3.77. The minimum absolute atomic E-state index is 0.0931. The standard InChI is InChI=1S/C12H14N2O2/c15-9-5-8(6-9)7-14-12-10-2-4-16-11(10)1-3-13-12/h1-4,8-9,15H,5-7H2,(H,13,14). The van der Waals surface area contributed by atoms with Crippen molar-refractivity contribution in [3.05, 3.63) is 24.6 Å². The summed E-state index contributed by atoms with van der Waals surface area (Å²) in [6.45, 7) is 0.869. The maximum Gasteiger partial charge on any atom is 0.139 e. The van der Waals surface area contributed by atoms with Crippen LogP contribution in [0.5, 0.6) is 0 Å². The first kappa shape index (κ1) is 9.66. The Balaban J connectivity index is 1.71. The highest BCUT2D eigenvalue weighted by Crippen LogP contribution is 2.28. The highest BCUT2D eigenvalue weighted by atomic mass is 16.3. The number of aliphatic hydroxyl groups excluding tert-OH is 1. The molecule has 4 heteroatoms. The zero-order chi connectivity index (χ0) is 11.0. The summed E-state index contributed by atoms with van der Waals surface area (Å²) in [5.41, 5.74) is 0.853. The van der Waals surface area contributed by atoms with E-state index in [-0.39, 0.29) is 6.10 Å². The van der Waals surface area contributed by atoms with Gasteiger partial charge in [0, 0.05) is 12.7 Å². The van der Waals surface area contributed by atoms with Crippen molar-refractivity contribution in [1.82, 2.24) is 4.98 Å². The van der Waals surface area contributed by atoms with Gasteiger partial charge in [0.25, 0.3) is 0 Å². The van der Waals surface area contributed by atoms with Crippen LogP contribution in [0.4, 0.5) is 5.82 Å². The number of aliphatic hydroxyl groups is 1. The quantitative estimate of drug-likeness (QED) is 0.827. The van der Waals surface area contributed by atoms with Crippen molar-refractivity contribution in [2.75, 3.05) is 11.9 Å². The van der Waals surface area contributed by atoms with E-state index in [9.17, 15) is 5.11 Å². The number of nitrogens with zero attached hydrogens (tertiary/aromatic N) is 1. The Kier molecular flexibility index (Phi) is 2.29. The lowest BCUT2D eigenvalue weighted by Crippen LogP contribution is -2.33. The molecule has 1 fully saturated rings. The molecule has 0 unspecified atom stereocenters. The first-order valence-electron chi connectivity index (χ1n) is 5.57. The van der Waals surface area contributed by atoms with Crippen LogP contribution >= 0.6 is 0 Å². The number of rotatable bonds is 3. The second-order valence-corrected chi connectivity index (χ2v) is 4.36. The second-order valence-electron chi connectivity index (χ2n) is 4.36. The van der Waals surface area contributed by atoms with E-state index in [1.807, 2.05) is 12.1 Å². The molecular weight excluding hydrogens is 204 g/mol. The van der Waals surface area contributed by atoms with Gasteiger partial charge in [-0.1, -0.05) is 0 Å². The van der Waals surface area contributed by atoms with Crippen molar-refractivity contribution in [3.8, 4) is 0 Å². The smallest absolute Gasteiger partial charge is 0.139 e. The Hall–Kier alpha value is -1.55. The zero-order valence-electron chi connectivity index (χ0n) is 8.89. The molecule has 1 aliphatic rings. The van der Waals surface area contributed by atoms with E-state index in [0.717, 1.165) is 36.2 Å². The average Bonchev–Trinajstić information content (AvgIpc) is 2.71. The molecule has 16 heavy (non-hydrogen) atoms. The average molecular weight is 218 g/mol. The first-order valence-corrected chi connectivity index (χ1v) is 5.57. The maximum absolute atomic E-state index is 9.20. The molecule has 0 spiro atoms. The Morgan fingerprint density at radius 1 is 1.44 bits per heavy atom. The van der Waals surface area contributed by atoms with Gasteiger partial charge in [0.05, 0.1) is 17.8 Å². The number of anilines is 1. The van der Waals surface area contributed by atoms with Crippen LogP contribution in [0.2, 0.25) is 0 Å². The van der Waals surface area contributed by atoms with Crippen LogP contribution < -0.4 is 5.32 Å². The highest BCUT2D eigenvalue weighted by Gasteiger charge is 2.26. The predicted octanol–water partition coefficient (Wildman–Crippen LogP) is 2.01. The number of furan rings is 1. The van der Waals surface area contributed by atoms with E-state index in [0.29, 0.717) is 5.92 Å². The molecule has 2 N–H and O–H groups in total. The lowest BCUT2D eigenvalue weighted by molar-refractivity contribution is 0.0486. The van der Waals surface area contributed by atoms with Gasteiger partial charge in [0.15, 0.2) is 0 Å². The summed E-state index contributed by atoms with van der Waals surface area (Å²) < 4.78 is 5.30. The Morgan fingerprint density at radius 2 is 2.31 bits per heavy atom. The molecule has 0 bridgehead atoms. The molecule has 0 aromatic carbocycles. The molecule has 2 heterocycles. The van der Waals surface area contributed by atoms with Crippen LogP contribution in [0, 0.1) is 5.92 Å². The molecular formula is C12H14N2O2. The minimum Gasteiger partial charge on any atom is -0.464 e. The maximum atomic E-state index is 9.20. The third kappa shape index (κ3) is 1.65. The number of aromatic nitrogens is 1. The summed E-state index contributed by atoms with van der Waals surface area (Å²) in [4.78, 5) is 4.29. The molecule has 1 aliphatic carbocycles. The van der Waals surface area contributed by atoms with E-state index in [1.54, 1.807) is 12.5 Å². The van der Waals surface area contributed by atoms with E-state index in [2.05, 4.69) is 10.3 Å². The Labute approximate surface area is 93.3 Å². The Bertz CT molecular complexity index is 488. The van der Waals surface area contributed by atoms with Crippen LogP contribution in [0.25, 0.3) is 11.0 Å². The lowest BCUT2D eigenvalue weighted by atomic mass is 9.82. The van der Waals surface area contributed by atoms with Crippen molar-refractivity contribution in [2.24, 2.45) is 5.92 Å². The molecule has 2 aromatic heterocycles. The monoisotopic (exact) mass is 218 g/mol. The molecule has 3 rings (SSSR count). The van der Waals surface area contributed by atoms with E-state index < -0.39 is 0 Å². The molecule has 0 amide bonds. The van der Waals surface area contributed by atoms with Gasteiger partial charge in [-0.15, -0.1) is 0 Å². The molecule has 0 radical (unpaired) electrons. The predicted molar refractivity (Wildman–Crippen MR) is 61.2 cm³/mol. The number of hydrogen-bond donors (Lipinski definition) is 2. The largest absolute Gasteiger partial charge is 0.464 e. The molecule has 84 valence electrons. The fourth-order valence-corrected chi connectivity index (χ4v) is 2.14. The van der Waals surface area contributed by atoms with E-state index >= 15 is 0 Å². The van der Waals surface area contributed by atoms with Gasteiger partial charge in [-0.25, -0.2) is 4.98 Å². The van der Waals surface area contributed by atoms with Crippen molar-refractivity contribution < 1.29 is 9.52 Å². The topological polar surface area (TPSA) is 58.3 Å². The second kappa shape index (κ2) is 3.79. The van der Waals surface area contributed by atoms with Crippen LogP contribution in [-0.4, -0.2) is 22.7 Å². The fraction of sp³-hybridized carbons (Fsp3) is 0.417. The van der Waals surface area contributed by atoms with Crippen molar-refractivity contribution in [3.63, 3.8) is 0 Å². The third-order valence-corrected chi connectivity index (χ3v) is 3.15. The number of nitrogens with one attached hydrogen (secondary N) is 1. The third-order valence-electron chi connectivity index (χ3n) is 3.15. The van der Waals surface area contributed by atoms with Gasteiger partial charge in [-0.2, -0.15) is 0 Å². The highest BCUT2D eigenvalue weighted by molar-refractivity contribution is 5.87. The van der Waals surface area contributed by atoms with Gasteiger partial charge in [0.1, 0.15) is 11.4 Å². The molecule has 0 saturated heterocycles. The van der Waals surface area contributed by atoms with Crippen LogP contribution in [0.1, 0.15) is 12.8 Å².